The Bertz CT molecular complexity index is 1330. The maximum Gasteiger partial charge on any atom is 0.337 e. The van der Waals surface area contributed by atoms with Crippen molar-refractivity contribution in [3.05, 3.63) is 88.1 Å². The lowest BCUT2D eigenvalue weighted by atomic mass is 10.1. The standard InChI is InChI=1S/C25H24N2O5S/c1-16(2)32-19-7-4-6-17(12-19)15-33-25-26-22-13-18(24(29)30-3)9-10-21(22)23(28)27(25)14-20-8-5-11-31-20/h4-13,16H,14-15H2,1-3H3. The Morgan fingerprint density at radius 1 is 1.15 bits per heavy atom. The van der Waals surface area contributed by atoms with E-state index in [-0.39, 0.29) is 18.2 Å². The number of thioether (sulfide) groups is 1. The largest absolute Gasteiger partial charge is 0.491 e. The van der Waals surface area contributed by atoms with Gasteiger partial charge in [0.15, 0.2) is 5.16 Å². The summed E-state index contributed by atoms with van der Waals surface area (Å²) in [4.78, 5) is 30.0. The molecule has 0 atom stereocenters. The van der Waals surface area contributed by atoms with Gasteiger partial charge in [-0.2, -0.15) is 0 Å². The topological polar surface area (TPSA) is 83.6 Å². The second-order valence-corrected chi connectivity index (χ2v) is 8.63. The second-order valence-electron chi connectivity index (χ2n) is 7.69. The Labute approximate surface area is 195 Å². The number of nitrogens with zero attached hydrogens (tertiary/aromatic N) is 2. The first-order valence-electron chi connectivity index (χ1n) is 10.5. The summed E-state index contributed by atoms with van der Waals surface area (Å²) < 4.78 is 17.7. The minimum Gasteiger partial charge on any atom is -0.491 e. The number of hydrogen-bond donors (Lipinski definition) is 0. The van der Waals surface area contributed by atoms with Gasteiger partial charge in [0, 0.05) is 5.75 Å². The number of methoxy groups -OCH3 is 1. The van der Waals surface area contributed by atoms with Crippen molar-refractivity contribution in [3.63, 3.8) is 0 Å². The molecular weight excluding hydrogens is 440 g/mol. The molecule has 0 fully saturated rings. The highest BCUT2D eigenvalue weighted by Gasteiger charge is 2.16. The zero-order chi connectivity index (χ0) is 23.4. The Morgan fingerprint density at radius 3 is 2.73 bits per heavy atom. The molecule has 0 aliphatic carbocycles. The van der Waals surface area contributed by atoms with Crippen LogP contribution in [0.4, 0.5) is 0 Å². The number of carbonyl (C=O) groups is 1. The van der Waals surface area contributed by atoms with Crippen molar-refractivity contribution in [2.45, 2.75) is 37.4 Å². The molecule has 2 aromatic heterocycles. The van der Waals surface area contributed by atoms with Gasteiger partial charge >= 0.3 is 5.97 Å². The predicted octanol–water partition coefficient (Wildman–Crippen LogP) is 4.90. The molecule has 0 saturated carbocycles. The number of benzene rings is 2. The Morgan fingerprint density at radius 2 is 2.00 bits per heavy atom. The molecule has 0 aliphatic heterocycles. The van der Waals surface area contributed by atoms with Crippen molar-refractivity contribution in [1.29, 1.82) is 0 Å². The van der Waals surface area contributed by atoms with Gasteiger partial charge in [0.1, 0.15) is 11.5 Å². The van der Waals surface area contributed by atoms with Crippen molar-refractivity contribution in [1.82, 2.24) is 9.55 Å². The SMILES string of the molecule is COC(=O)c1ccc2c(=O)n(Cc3ccco3)c(SCc3cccc(OC(C)C)c3)nc2c1. The molecule has 4 rings (SSSR count). The third-order valence-corrected chi connectivity index (χ3v) is 5.92. The average Bonchev–Trinajstić information content (AvgIpc) is 3.32. The van der Waals surface area contributed by atoms with Crippen LogP contribution in [0.15, 0.2) is 75.2 Å². The van der Waals surface area contributed by atoms with Crippen LogP contribution >= 0.6 is 11.8 Å². The molecule has 4 aromatic rings. The van der Waals surface area contributed by atoms with E-state index < -0.39 is 5.97 Å². The summed E-state index contributed by atoms with van der Waals surface area (Å²) in [5, 5.41) is 0.951. The molecular formula is C25H24N2O5S. The molecule has 0 aliphatic rings. The van der Waals surface area contributed by atoms with E-state index in [9.17, 15) is 9.59 Å². The molecule has 170 valence electrons. The van der Waals surface area contributed by atoms with E-state index in [1.807, 2.05) is 44.2 Å². The first kappa shape index (κ1) is 22.7. The maximum atomic E-state index is 13.3. The van der Waals surface area contributed by atoms with E-state index in [4.69, 9.17) is 18.9 Å². The number of hydrogen-bond acceptors (Lipinski definition) is 7. The Balaban J connectivity index is 1.72. The molecule has 0 saturated heterocycles. The van der Waals surface area contributed by atoms with Crippen LogP contribution < -0.4 is 10.3 Å². The fourth-order valence-electron chi connectivity index (χ4n) is 3.38. The smallest absolute Gasteiger partial charge is 0.337 e. The fourth-order valence-corrected chi connectivity index (χ4v) is 4.32. The Hall–Kier alpha value is -3.52. The third-order valence-electron chi connectivity index (χ3n) is 4.87. The Kier molecular flexibility index (Phi) is 6.84. The zero-order valence-electron chi connectivity index (χ0n) is 18.6. The number of carbonyl (C=O) groups excluding carboxylic acids is 1. The minimum atomic E-state index is -0.477. The van der Waals surface area contributed by atoms with Gasteiger partial charge in [-0.3, -0.25) is 9.36 Å². The van der Waals surface area contributed by atoms with Crippen LogP contribution in [0.2, 0.25) is 0 Å². The lowest BCUT2D eigenvalue weighted by Crippen LogP contribution is -2.24. The molecule has 0 bridgehead atoms. The van der Waals surface area contributed by atoms with Gasteiger partial charge in [-0.1, -0.05) is 23.9 Å². The van der Waals surface area contributed by atoms with Crippen LogP contribution in [0.1, 0.15) is 35.5 Å². The summed E-state index contributed by atoms with van der Waals surface area (Å²) >= 11 is 1.44. The lowest BCUT2D eigenvalue weighted by molar-refractivity contribution is 0.0601. The van der Waals surface area contributed by atoms with Crippen molar-refractivity contribution in [3.8, 4) is 5.75 Å². The van der Waals surface area contributed by atoms with Crippen molar-refractivity contribution < 1.29 is 18.7 Å². The van der Waals surface area contributed by atoms with Crippen LogP contribution in [0.25, 0.3) is 10.9 Å². The van der Waals surface area contributed by atoms with E-state index in [0.29, 0.717) is 33.1 Å². The van der Waals surface area contributed by atoms with E-state index in [0.717, 1.165) is 11.3 Å². The number of fused-ring (bicyclic) bond motifs is 1. The normalized spacial score (nSPS) is 11.2. The van der Waals surface area contributed by atoms with Gasteiger partial charge in [-0.25, -0.2) is 9.78 Å². The number of furan rings is 1. The van der Waals surface area contributed by atoms with Gasteiger partial charge in [0.05, 0.1) is 42.5 Å². The third kappa shape index (κ3) is 5.28. The van der Waals surface area contributed by atoms with E-state index in [2.05, 4.69) is 0 Å². The molecule has 7 nitrogen and oxygen atoms in total. The summed E-state index contributed by atoms with van der Waals surface area (Å²) in [6.45, 7) is 4.22. The summed E-state index contributed by atoms with van der Waals surface area (Å²) in [6, 6.07) is 16.2. The fraction of sp³-hybridized carbons (Fsp3) is 0.240. The zero-order valence-corrected chi connectivity index (χ0v) is 19.4. The van der Waals surface area contributed by atoms with Gasteiger partial charge in [0.2, 0.25) is 0 Å². The second kappa shape index (κ2) is 9.95. The molecule has 0 N–H and O–H groups in total. The molecule has 0 amide bonds. The number of ether oxygens (including phenoxy) is 2. The van der Waals surface area contributed by atoms with Gasteiger partial charge < -0.3 is 13.9 Å². The van der Waals surface area contributed by atoms with Crippen LogP contribution in [-0.2, 0) is 17.0 Å². The van der Waals surface area contributed by atoms with Crippen LogP contribution in [0, 0.1) is 0 Å². The van der Waals surface area contributed by atoms with Crippen molar-refractivity contribution in [2.75, 3.05) is 7.11 Å². The van der Waals surface area contributed by atoms with E-state index >= 15 is 0 Å². The quantitative estimate of drug-likeness (QED) is 0.208. The molecule has 0 unspecified atom stereocenters. The summed E-state index contributed by atoms with van der Waals surface area (Å²) in [5.74, 6) is 1.56. The first-order valence-corrected chi connectivity index (χ1v) is 11.5. The highest BCUT2D eigenvalue weighted by atomic mass is 32.2. The van der Waals surface area contributed by atoms with Gasteiger partial charge in [0.25, 0.3) is 5.56 Å². The summed E-state index contributed by atoms with van der Waals surface area (Å²) in [7, 11) is 1.32. The summed E-state index contributed by atoms with van der Waals surface area (Å²) in [5.41, 5.74) is 1.63. The summed E-state index contributed by atoms with van der Waals surface area (Å²) in [6.07, 6.45) is 1.65. The van der Waals surface area contributed by atoms with Crippen LogP contribution in [0.3, 0.4) is 0 Å². The van der Waals surface area contributed by atoms with Gasteiger partial charge in [-0.05, 0) is 61.9 Å². The number of aromatic nitrogens is 2. The van der Waals surface area contributed by atoms with Crippen LogP contribution in [-0.4, -0.2) is 28.7 Å². The van der Waals surface area contributed by atoms with E-state index in [1.165, 1.54) is 18.9 Å². The lowest BCUT2D eigenvalue weighted by Gasteiger charge is -2.13. The van der Waals surface area contributed by atoms with Crippen molar-refractivity contribution in [2.24, 2.45) is 0 Å². The molecule has 0 spiro atoms. The van der Waals surface area contributed by atoms with Crippen LogP contribution in [0.5, 0.6) is 5.75 Å². The number of rotatable bonds is 8. The highest BCUT2D eigenvalue weighted by molar-refractivity contribution is 7.98. The average molecular weight is 465 g/mol. The molecule has 0 radical (unpaired) electrons. The predicted molar refractivity (Wildman–Crippen MR) is 127 cm³/mol. The molecule has 2 heterocycles. The van der Waals surface area contributed by atoms with E-state index in [1.54, 1.807) is 35.1 Å². The molecule has 8 heteroatoms. The first-order chi connectivity index (χ1) is 15.9. The highest BCUT2D eigenvalue weighted by Crippen LogP contribution is 2.25. The minimum absolute atomic E-state index is 0.0811. The van der Waals surface area contributed by atoms with Crippen molar-refractivity contribution >= 4 is 28.6 Å². The molecule has 2 aromatic carbocycles. The monoisotopic (exact) mass is 464 g/mol. The maximum absolute atomic E-state index is 13.3. The van der Waals surface area contributed by atoms with Gasteiger partial charge in [-0.15, -0.1) is 0 Å². The molecule has 33 heavy (non-hydrogen) atoms. The number of esters is 1.